The highest BCUT2D eigenvalue weighted by Gasteiger charge is 2.11. The van der Waals surface area contributed by atoms with Crippen molar-refractivity contribution in [2.45, 2.75) is 0 Å². The number of halogens is 1. The van der Waals surface area contributed by atoms with Crippen LogP contribution in [0.25, 0.3) is 6.08 Å². The predicted octanol–water partition coefficient (Wildman–Crippen LogP) is 2.50. The molecule has 6 nitrogen and oxygen atoms in total. The zero-order valence-electron chi connectivity index (χ0n) is 7.29. The van der Waals surface area contributed by atoms with Gasteiger partial charge in [-0.05, 0) is 17.7 Å². The van der Waals surface area contributed by atoms with Crippen LogP contribution in [0.3, 0.4) is 0 Å². The van der Waals surface area contributed by atoms with Gasteiger partial charge in [0.1, 0.15) is 5.02 Å². The lowest BCUT2D eigenvalue weighted by Gasteiger charge is -1.95. The summed E-state index contributed by atoms with van der Waals surface area (Å²) in [5.41, 5.74) is 0.206. The van der Waals surface area contributed by atoms with Crippen LogP contribution in [0.2, 0.25) is 5.02 Å². The fourth-order valence-electron chi connectivity index (χ4n) is 0.922. The molecule has 0 amide bonds. The Morgan fingerprint density at radius 3 is 2.40 bits per heavy atom. The van der Waals surface area contributed by atoms with Gasteiger partial charge in [-0.2, -0.15) is 0 Å². The first kappa shape index (κ1) is 11.1. The molecule has 0 aliphatic carbocycles. The van der Waals surface area contributed by atoms with Crippen LogP contribution >= 0.6 is 11.6 Å². The van der Waals surface area contributed by atoms with E-state index in [1.54, 1.807) is 0 Å². The monoisotopic (exact) mass is 228 g/mol. The molecule has 0 N–H and O–H groups in total. The topological polar surface area (TPSA) is 86.3 Å². The van der Waals surface area contributed by atoms with Crippen LogP contribution in [-0.4, -0.2) is 9.85 Å². The van der Waals surface area contributed by atoms with Crippen molar-refractivity contribution in [2.24, 2.45) is 0 Å². The zero-order chi connectivity index (χ0) is 11.4. The smallest absolute Gasteiger partial charge is 0.259 e. The van der Waals surface area contributed by atoms with Gasteiger partial charge in [-0.1, -0.05) is 11.6 Å². The fourth-order valence-corrected chi connectivity index (χ4v) is 1.18. The first-order valence-electron chi connectivity index (χ1n) is 3.76. The SMILES string of the molecule is O=[N+]([O-])/C=C/c1ccc([N+](=O)[O-])c(Cl)c1. The highest BCUT2D eigenvalue weighted by Crippen LogP contribution is 2.25. The zero-order valence-corrected chi connectivity index (χ0v) is 8.05. The molecule has 78 valence electrons. The second kappa shape index (κ2) is 4.52. The first-order chi connectivity index (χ1) is 7.00. The van der Waals surface area contributed by atoms with E-state index in [0.717, 1.165) is 6.20 Å². The Morgan fingerprint density at radius 1 is 1.27 bits per heavy atom. The average molecular weight is 229 g/mol. The van der Waals surface area contributed by atoms with Gasteiger partial charge < -0.3 is 0 Å². The van der Waals surface area contributed by atoms with Gasteiger partial charge in [0.25, 0.3) is 5.69 Å². The Hall–Kier alpha value is -1.95. The number of benzene rings is 1. The summed E-state index contributed by atoms with van der Waals surface area (Å²) in [7, 11) is 0. The number of nitro benzene ring substituents is 1. The van der Waals surface area contributed by atoms with Crippen LogP contribution in [-0.2, 0) is 0 Å². The quantitative estimate of drug-likeness (QED) is 0.587. The Labute approximate surface area is 89.1 Å². The third-order valence-corrected chi connectivity index (χ3v) is 1.86. The molecule has 0 saturated carbocycles. The highest BCUT2D eigenvalue weighted by atomic mass is 35.5. The molecule has 1 aromatic carbocycles. The van der Waals surface area contributed by atoms with Crippen molar-refractivity contribution in [2.75, 3.05) is 0 Å². The van der Waals surface area contributed by atoms with Crippen molar-refractivity contribution in [3.05, 3.63) is 55.2 Å². The van der Waals surface area contributed by atoms with Crippen LogP contribution in [0.4, 0.5) is 5.69 Å². The molecule has 1 aromatic rings. The molecule has 15 heavy (non-hydrogen) atoms. The number of hydrogen-bond donors (Lipinski definition) is 0. The van der Waals surface area contributed by atoms with Gasteiger partial charge in [0.05, 0.1) is 9.85 Å². The van der Waals surface area contributed by atoms with Gasteiger partial charge in [-0.3, -0.25) is 20.2 Å². The predicted molar refractivity (Wildman–Crippen MR) is 54.1 cm³/mol. The van der Waals surface area contributed by atoms with E-state index >= 15 is 0 Å². The molecule has 0 bridgehead atoms. The van der Waals surface area contributed by atoms with Crippen molar-refractivity contribution in [3.63, 3.8) is 0 Å². The van der Waals surface area contributed by atoms with Gasteiger partial charge in [-0.25, -0.2) is 0 Å². The van der Waals surface area contributed by atoms with Crippen molar-refractivity contribution in [1.82, 2.24) is 0 Å². The van der Waals surface area contributed by atoms with Crippen LogP contribution in [0.1, 0.15) is 5.56 Å². The Balaban J connectivity index is 3.01. The Bertz CT molecular complexity index is 444. The Kier molecular flexibility index (Phi) is 3.35. The summed E-state index contributed by atoms with van der Waals surface area (Å²) in [4.78, 5) is 19.2. The lowest BCUT2D eigenvalue weighted by atomic mass is 10.2. The molecule has 0 fully saturated rings. The standard InChI is InChI=1S/C8H5ClN2O4/c9-7-5-6(3-4-10(12)13)1-2-8(7)11(14)15/h1-5H/b4-3+. The minimum absolute atomic E-state index is 0.0505. The lowest BCUT2D eigenvalue weighted by molar-refractivity contribution is -0.400. The molecule has 7 heteroatoms. The number of nitrogens with zero attached hydrogens (tertiary/aromatic N) is 2. The van der Waals surface area contributed by atoms with Gasteiger partial charge >= 0.3 is 0 Å². The van der Waals surface area contributed by atoms with Crippen molar-refractivity contribution in [3.8, 4) is 0 Å². The van der Waals surface area contributed by atoms with Crippen LogP contribution in [0, 0.1) is 20.2 Å². The van der Waals surface area contributed by atoms with Crippen molar-refractivity contribution in [1.29, 1.82) is 0 Å². The van der Waals surface area contributed by atoms with Gasteiger partial charge in [-0.15, -0.1) is 0 Å². The molecule has 0 radical (unpaired) electrons. The molecule has 0 unspecified atom stereocenters. The van der Waals surface area contributed by atoms with E-state index in [0.29, 0.717) is 5.56 Å². The minimum Gasteiger partial charge on any atom is -0.259 e. The summed E-state index contributed by atoms with van der Waals surface area (Å²) in [6.45, 7) is 0. The van der Waals surface area contributed by atoms with Crippen molar-refractivity contribution >= 4 is 23.4 Å². The molecule has 1 rings (SSSR count). The van der Waals surface area contributed by atoms with Crippen LogP contribution in [0.15, 0.2) is 24.4 Å². The summed E-state index contributed by atoms with van der Waals surface area (Å²) in [6, 6.07) is 3.87. The fraction of sp³-hybridized carbons (Fsp3) is 0. The molecule has 0 aromatic heterocycles. The molecular weight excluding hydrogens is 224 g/mol. The molecule has 0 aliphatic heterocycles. The normalized spacial score (nSPS) is 10.5. The van der Waals surface area contributed by atoms with Crippen LogP contribution < -0.4 is 0 Å². The summed E-state index contributed by atoms with van der Waals surface area (Å²) < 4.78 is 0. The summed E-state index contributed by atoms with van der Waals surface area (Å²) in [6.07, 6.45) is 1.94. The number of nitro groups is 2. The summed E-state index contributed by atoms with van der Waals surface area (Å²) in [5, 5.41) is 20.4. The maximum absolute atomic E-state index is 10.4. The summed E-state index contributed by atoms with van der Waals surface area (Å²) in [5.74, 6) is 0. The lowest BCUT2D eigenvalue weighted by Crippen LogP contribution is -1.89. The van der Waals surface area contributed by atoms with Gasteiger partial charge in [0.15, 0.2) is 0 Å². The maximum Gasteiger partial charge on any atom is 0.287 e. The third kappa shape index (κ3) is 3.03. The highest BCUT2D eigenvalue weighted by molar-refractivity contribution is 6.32. The number of rotatable bonds is 3. The molecular formula is C8H5ClN2O4. The third-order valence-electron chi connectivity index (χ3n) is 1.56. The molecule has 0 aliphatic rings. The van der Waals surface area contributed by atoms with E-state index < -0.39 is 9.85 Å². The average Bonchev–Trinajstić information content (AvgIpc) is 2.14. The molecule has 0 heterocycles. The van der Waals surface area contributed by atoms with Crippen LogP contribution in [0.5, 0.6) is 0 Å². The molecule has 0 spiro atoms. The largest absolute Gasteiger partial charge is 0.287 e. The van der Waals surface area contributed by atoms with E-state index in [1.807, 2.05) is 0 Å². The van der Waals surface area contributed by atoms with Gasteiger partial charge in [0, 0.05) is 12.1 Å². The minimum atomic E-state index is -0.630. The van der Waals surface area contributed by atoms with E-state index in [4.69, 9.17) is 11.6 Å². The van der Waals surface area contributed by atoms with Gasteiger partial charge in [0.2, 0.25) is 6.20 Å². The Morgan fingerprint density at radius 2 is 1.93 bits per heavy atom. The van der Waals surface area contributed by atoms with E-state index in [2.05, 4.69) is 0 Å². The molecule has 0 atom stereocenters. The summed E-state index contributed by atoms with van der Waals surface area (Å²) >= 11 is 5.59. The number of hydrogen-bond acceptors (Lipinski definition) is 4. The maximum atomic E-state index is 10.4. The van der Waals surface area contributed by atoms with E-state index in [1.165, 1.54) is 24.3 Å². The molecule has 0 saturated heterocycles. The second-order valence-electron chi connectivity index (χ2n) is 2.57. The second-order valence-corrected chi connectivity index (χ2v) is 2.98. The van der Waals surface area contributed by atoms with E-state index in [9.17, 15) is 20.2 Å². The van der Waals surface area contributed by atoms with E-state index in [-0.39, 0.29) is 10.7 Å². The van der Waals surface area contributed by atoms with Crippen molar-refractivity contribution < 1.29 is 9.85 Å². The first-order valence-corrected chi connectivity index (χ1v) is 4.14.